The van der Waals surface area contributed by atoms with Crippen LogP contribution in [0.25, 0.3) is 0 Å². The molecule has 0 saturated heterocycles. The molecule has 2 amide bonds. The minimum atomic E-state index is -0.946. The Labute approximate surface area is 216 Å². The molecule has 1 saturated carbocycles. The van der Waals surface area contributed by atoms with E-state index in [9.17, 15) is 14.4 Å². The first-order chi connectivity index (χ1) is 17.1. The maximum absolute atomic E-state index is 13.6. The lowest BCUT2D eigenvalue weighted by molar-refractivity contribution is -0.136. The molecule has 0 bridgehead atoms. The predicted octanol–water partition coefficient (Wildman–Crippen LogP) is 4.76. The van der Waals surface area contributed by atoms with Gasteiger partial charge in [-0.05, 0) is 72.6 Å². The summed E-state index contributed by atoms with van der Waals surface area (Å²) in [5.74, 6) is -0.606. The Hall–Kier alpha value is -3.00. The molecule has 2 N–H and O–H groups in total. The van der Waals surface area contributed by atoms with Crippen molar-refractivity contribution in [3.63, 3.8) is 0 Å². The van der Waals surface area contributed by atoms with Crippen LogP contribution in [0.3, 0.4) is 0 Å². The Morgan fingerprint density at radius 1 is 1.17 bits per heavy atom. The van der Waals surface area contributed by atoms with Gasteiger partial charge in [0.25, 0.3) is 11.8 Å². The number of hydrogen-bond donors (Lipinski definition) is 2. The Kier molecular flexibility index (Phi) is 7.64. The monoisotopic (exact) mass is 509 g/mol. The number of rotatable bonds is 8. The van der Waals surface area contributed by atoms with Crippen LogP contribution in [0, 0.1) is 11.3 Å². The summed E-state index contributed by atoms with van der Waals surface area (Å²) in [5, 5.41) is 15.3. The average molecular weight is 510 g/mol. The fourth-order valence-corrected chi connectivity index (χ4v) is 5.95. The summed E-state index contributed by atoms with van der Waals surface area (Å²) in [7, 11) is 0. The van der Waals surface area contributed by atoms with Crippen LogP contribution >= 0.6 is 11.3 Å². The first-order valence-electron chi connectivity index (χ1n) is 12.6. The average Bonchev–Trinajstić information content (AvgIpc) is 3.45. The Bertz CT molecular complexity index is 1120. The molecule has 0 atom stereocenters. The minimum absolute atomic E-state index is 0.0111. The molecule has 0 unspecified atom stereocenters. The molecular formula is C28H35N3O4S. The molecule has 0 radical (unpaired) electrons. The van der Waals surface area contributed by atoms with Crippen LogP contribution < -0.4 is 5.32 Å². The van der Waals surface area contributed by atoms with E-state index in [1.54, 1.807) is 23.5 Å². The van der Waals surface area contributed by atoms with Crippen LogP contribution in [0.1, 0.15) is 74.4 Å². The molecule has 1 fully saturated rings. The third-order valence-electron chi connectivity index (χ3n) is 7.54. The van der Waals surface area contributed by atoms with Crippen molar-refractivity contribution in [2.75, 3.05) is 13.1 Å². The summed E-state index contributed by atoms with van der Waals surface area (Å²) in [6, 6.07) is 9.26. The third kappa shape index (κ3) is 5.69. The second kappa shape index (κ2) is 10.5. The molecule has 7 nitrogen and oxygen atoms in total. The highest BCUT2D eigenvalue weighted by Gasteiger charge is 2.49. The van der Waals surface area contributed by atoms with Gasteiger partial charge in [-0.15, -0.1) is 0 Å². The normalized spacial score (nSPS) is 22.1. The SMILES string of the molecule is CC(C)(C)C1CCC2(CC1)N=C(c1ccsc1)C(=O)N2CCc1ccc(C(=O)NCCC(=O)O)cc1. The second-order valence-electron chi connectivity index (χ2n) is 10.9. The van der Waals surface area contributed by atoms with Gasteiger partial charge in [0.2, 0.25) is 0 Å². The lowest BCUT2D eigenvalue weighted by Crippen LogP contribution is -2.50. The maximum atomic E-state index is 13.6. The predicted molar refractivity (Wildman–Crippen MR) is 141 cm³/mol. The zero-order chi connectivity index (χ0) is 25.9. The third-order valence-corrected chi connectivity index (χ3v) is 8.22. The summed E-state index contributed by atoms with van der Waals surface area (Å²) < 4.78 is 0. The number of carbonyl (C=O) groups is 3. The zero-order valence-electron chi connectivity index (χ0n) is 21.3. The molecular weight excluding hydrogens is 474 g/mol. The molecule has 4 rings (SSSR count). The highest BCUT2D eigenvalue weighted by molar-refractivity contribution is 7.08. The number of aliphatic imine (C=N–C) groups is 1. The number of amides is 2. The largest absolute Gasteiger partial charge is 0.481 e. The number of hydrogen-bond acceptors (Lipinski definition) is 5. The summed E-state index contributed by atoms with van der Waals surface area (Å²) in [5.41, 5.74) is 2.78. The first-order valence-corrected chi connectivity index (χ1v) is 13.6. The van der Waals surface area contributed by atoms with E-state index in [-0.39, 0.29) is 30.2 Å². The molecule has 36 heavy (non-hydrogen) atoms. The van der Waals surface area contributed by atoms with Crippen molar-refractivity contribution in [1.29, 1.82) is 0 Å². The maximum Gasteiger partial charge on any atom is 0.305 e. The summed E-state index contributed by atoms with van der Waals surface area (Å²) >= 11 is 1.58. The van der Waals surface area contributed by atoms with E-state index in [0.717, 1.165) is 36.8 Å². The van der Waals surface area contributed by atoms with Crippen molar-refractivity contribution >= 4 is 34.8 Å². The number of carboxylic acids is 1. The lowest BCUT2D eigenvalue weighted by Gasteiger charge is -2.45. The fraction of sp³-hybridized carbons (Fsp3) is 0.500. The van der Waals surface area contributed by atoms with E-state index in [1.807, 2.05) is 33.9 Å². The number of nitrogens with zero attached hydrogens (tertiary/aromatic N) is 2. The van der Waals surface area contributed by atoms with Crippen LogP contribution in [0.2, 0.25) is 0 Å². The van der Waals surface area contributed by atoms with E-state index < -0.39 is 11.6 Å². The van der Waals surface area contributed by atoms with Crippen LogP contribution in [-0.4, -0.2) is 52.3 Å². The van der Waals surface area contributed by atoms with Gasteiger partial charge in [0.05, 0.1) is 6.42 Å². The highest BCUT2D eigenvalue weighted by Crippen LogP contribution is 2.46. The van der Waals surface area contributed by atoms with E-state index in [2.05, 4.69) is 26.1 Å². The number of nitrogens with one attached hydrogen (secondary N) is 1. The van der Waals surface area contributed by atoms with Gasteiger partial charge < -0.3 is 15.3 Å². The van der Waals surface area contributed by atoms with Crippen molar-refractivity contribution in [2.24, 2.45) is 16.3 Å². The molecule has 1 aromatic carbocycles. The number of thiophene rings is 1. The van der Waals surface area contributed by atoms with Crippen molar-refractivity contribution in [3.8, 4) is 0 Å². The molecule has 192 valence electrons. The molecule has 2 heterocycles. The van der Waals surface area contributed by atoms with Crippen molar-refractivity contribution < 1.29 is 19.5 Å². The number of carboxylic acid groups (broad SMARTS) is 1. The highest BCUT2D eigenvalue weighted by atomic mass is 32.1. The minimum Gasteiger partial charge on any atom is -0.481 e. The van der Waals surface area contributed by atoms with Gasteiger partial charge in [0.15, 0.2) is 0 Å². The van der Waals surface area contributed by atoms with Gasteiger partial charge in [0, 0.05) is 29.6 Å². The Morgan fingerprint density at radius 2 is 1.86 bits per heavy atom. The first kappa shape index (κ1) is 26.1. The summed E-state index contributed by atoms with van der Waals surface area (Å²) in [4.78, 5) is 43.5. The topological polar surface area (TPSA) is 99.1 Å². The molecule has 1 spiro atoms. The zero-order valence-corrected chi connectivity index (χ0v) is 22.1. The van der Waals surface area contributed by atoms with Crippen LogP contribution in [0.5, 0.6) is 0 Å². The van der Waals surface area contributed by atoms with E-state index in [1.165, 1.54) is 0 Å². The van der Waals surface area contributed by atoms with Gasteiger partial charge in [-0.3, -0.25) is 19.4 Å². The van der Waals surface area contributed by atoms with Gasteiger partial charge >= 0.3 is 5.97 Å². The van der Waals surface area contributed by atoms with Crippen LogP contribution in [-0.2, 0) is 16.0 Å². The Balaban J connectivity index is 1.45. The standard InChI is InChI=1S/C28H35N3O4S/c1-27(2,3)22-8-13-28(14-9-22)30-24(21-12-17-36-18-21)26(35)31(28)16-11-19-4-6-20(7-5-19)25(34)29-15-10-23(32)33/h4-7,12,17-18,22H,8-11,13-16H2,1-3H3,(H,29,34)(H,32,33). The van der Waals surface area contributed by atoms with Crippen molar-refractivity contribution in [2.45, 2.75) is 65.0 Å². The molecule has 2 aromatic rings. The van der Waals surface area contributed by atoms with Gasteiger partial charge in [-0.2, -0.15) is 11.3 Å². The van der Waals surface area contributed by atoms with E-state index in [4.69, 9.17) is 10.1 Å². The summed E-state index contributed by atoms with van der Waals surface area (Å²) in [6.07, 6.45) is 4.43. The summed E-state index contributed by atoms with van der Waals surface area (Å²) in [6.45, 7) is 7.55. The number of benzene rings is 1. The molecule has 1 aromatic heterocycles. The van der Waals surface area contributed by atoms with Crippen LogP contribution in [0.15, 0.2) is 46.1 Å². The molecule has 1 aliphatic heterocycles. The molecule has 1 aliphatic carbocycles. The van der Waals surface area contributed by atoms with E-state index in [0.29, 0.717) is 30.2 Å². The van der Waals surface area contributed by atoms with E-state index >= 15 is 0 Å². The molecule has 8 heteroatoms. The van der Waals surface area contributed by atoms with Crippen molar-refractivity contribution in [3.05, 3.63) is 57.8 Å². The van der Waals surface area contributed by atoms with Gasteiger partial charge in [-0.25, -0.2) is 0 Å². The quantitative estimate of drug-likeness (QED) is 0.536. The van der Waals surface area contributed by atoms with Gasteiger partial charge in [0.1, 0.15) is 11.4 Å². The smallest absolute Gasteiger partial charge is 0.305 e. The number of carbonyl (C=O) groups excluding carboxylic acids is 2. The van der Waals surface area contributed by atoms with Gasteiger partial charge in [-0.1, -0.05) is 32.9 Å². The molecule has 2 aliphatic rings. The van der Waals surface area contributed by atoms with Crippen LogP contribution in [0.4, 0.5) is 0 Å². The fourth-order valence-electron chi connectivity index (χ4n) is 5.31. The lowest BCUT2D eigenvalue weighted by atomic mass is 9.69. The second-order valence-corrected chi connectivity index (χ2v) is 11.7. The number of aliphatic carboxylic acids is 1. The Morgan fingerprint density at radius 3 is 2.44 bits per heavy atom. The van der Waals surface area contributed by atoms with Crippen molar-refractivity contribution in [1.82, 2.24) is 10.2 Å².